The first-order valence-electron chi connectivity index (χ1n) is 7.60. The summed E-state index contributed by atoms with van der Waals surface area (Å²) in [4.78, 5) is 36.0. The highest BCUT2D eigenvalue weighted by Gasteiger charge is 2.32. The highest BCUT2D eigenvalue weighted by atomic mass is 32.2. The fraction of sp³-hybridized carbons (Fsp3) is 0. The van der Waals surface area contributed by atoms with E-state index in [0.29, 0.717) is 16.5 Å². The minimum absolute atomic E-state index is 0.0901. The molecule has 2 heterocycles. The highest BCUT2D eigenvalue weighted by Crippen LogP contribution is 2.28. The number of amides is 2. The Balaban J connectivity index is 2.05. The van der Waals surface area contributed by atoms with Gasteiger partial charge in [0.1, 0.15) is 5.82 Å². The molecule has 0 saturated heterocycles. The lowest BCUT2D eigenvalue weighted by molar-refractivity contribution is 0.0880. The zero-order chi connectivity index (χ0) is 19.5. The fourth-order valence-electron chi connectivity index (χ4n) is 3.13. The van der Waals surface area contributed by atoms with E-state index in [1.165, 1.54) is 18.2 Å². The van der Waals surface area contributed by atoms with E-state index in [1.54, 1.807) is 18.2 Å². The fourth-order valence-corrected chi connectivity index (χ4v) is 3.64. The second kappa shape index (κ2) is 5.50. The number of nitrogens with one attached hydrogen (secondary N) is 1. The Hall–Kier alpha value is -3.50. The van der Waals surface area contributed by atoms with E-state index in [-0.39, 0.29) is 21.8 Å². The van der Waals surface area contributed by atoms with Gasteiger partial charge >= 0.3 is 0 Å². The third-order valence-corrected chi connectivity index (χ3v) is 5.17. The number of nitrogens with two attached hydrogens (primary N) is 1. The van der Waals surface area contributed by atoms with Gasteiger partial charge in [-0.3, -0.25) is 28.8 Å². The largest absolute Gasteiger partial charge is 0.384 e. The molecule has 0 bridgehead atoms. The van der Waals surface area contributed by atoms with Crippen LogP contribution in [0.5, 0.6) is 0 Å². The SMILES string of the molecule is Nc1c2c(cc(=O)n1-c1cccc3cc(S(=O)(=O)O)ccc13)C(=O)NC2=O. The van der Waals surface area contributed by atoms with Gasteiger partial charge in [0.25, 0.3) is 27.5 Å². The lowest BCUT2D eigenvalue weighted by Crippen LogP contribution is -2.24. The maximum absolute atomic E-state index is 12.6. The smallest absolute Gasteiger partial charge is 0.294 e. The predicted molar refractivity (Wildman–Crippen MR) is 95.6 cm³/mol. The van der Waals surface area contributed by atoms with E-state index in [9.17, 15) is 27.4 Å². The normalized spacial score (nSPS) is 13.7. The quantitative estimate of drug-likeness (QED) is 0.434. The number of nitrogen functional groups attached to an aromatic ring is 1. The summed E-state index contributed by atoms with van der Waals surface area (Å²) >= 11 is 0. The van der Waals surface area contributed by atoms with Gasteiger partial charge in [-0.1, -0.05) is 18.2 Å². The molecule has 0 saturated carbocycles. The van der Waals surface area contributed by atoms with Gasteiger partial charge in [0.2, 0.25) is 0 Å². The molecule has 1 aliphatic rings. The van der Waals surface area contributed by atoms with Crippen molar-refractivity contribution in [3.63, 3.8) is 0 Å². The third-order valence-electron chi connectivity index (χ3n) is 4.32. The standard InChI is InChI=1S/C17H11N3O6S/c18-15-14-11(16(22)19-17(14)23)7-13(21)20(15)12-3-1-2-8-6-9(27(24,25)26)4-5-10(8)12/h1-7H,18H2,(H,19,22,23)(H,24,25,26). The Morgan fingerprint density at radius 1 is 1.00 bits per heavy atom. The Morgan fingerprint density at radius 3 is 2.44 bits per heavy atom. The van der Waals surface area contributed by atoms with Gasteiger partial charge in [-0.15, -0.1) is 0 Å². The molecule has 0 aliphatic carbocycles. The van der Waals surface area contributed by atoms with E-state index in [0.717, 1.165) is 10.6 Å². The molecule has 1 aliphatic heterocycles. The second-order valence-corrected chi connectivity index (χ2v) is 7.33. The number of fused-ring (bicyclic) bond motifs is 2. The van der Waals surface area contributed by atoms with E-state index >= 15 is 0 Å². The van der Waals surface area contributed by atoms with Crippen molar-refractivity contribution in [1.82, 2.24) is 9.88 Å². The number of hydrogen-bond acceptors (Lipinski definition) is 6. The van der Waals surface area contributed by atoms with Gasteiger partial charge < -0.3 is 5.73 Å². The molecule has 2 amide bonds. The molecular formula is C17H11N3O6S. The minimum Gasteiger partial charge on any atom is -0.384 e. The first-order chi connectivity index (χ1) is 12.7. The zero-order valence-electron chi connectivity index (χ0n) is 13.5. The molecule has 136 valence electrons. The molecule has 0 fully saturated rings. The summed E-state index contributed by atoms with van der Waals surface area (Å²) in [6.45, 7) is 0. The van der Waals surface area contributed by atoms with Gasteiger partial charge in [0.05, 0.1) is 21.7 Å². The van der Waals surface area contributed by atoms with Crippen LogP contribution < -0.4 is 16.6 Å². The molecule has 4 rings (SSSR count). The summed E-state index contributed by atoms with van der Waals surface area (Å²) < 4.78 is 33.0. The lowest BCUT2D eigenvalue weighted by atomic mass is 10.1. The summed E-state index contributed by atoms with van der Waals surface area (Å²) in [6.07, 6.45) is 0. The van der Waals surface area contributed by atoms with Crippen molar-refractivity contribution >= 4 is 38.5 Å². The summed E-state index contributed by atoms with van der Waals surface area (Å²) in [7, 11) is -4.39. The van der Waals surface area contributed by atoms with Gasteiger partial charge in [-0.05, 0) is 23.6 Å². The molecule has 0 unspecified atom stereocenters. The van der Waals surface area contributed by atoms with Crippen molar-refractivity contribution in [2.45, 2.75) is 4.90 Å². The first-order valence-corrected chi connectivity index (χ1v) is 9.04. The van der Waals surface area contributed by atoms with E-state index < -0.39 is 27.5 Å². The number of nitrogens with zero attached hydrogens (tertiary/aromatic N) is 1. The summed E-state index contributed by atoms with van der Waals surface area (Å²) in [5.74, 6) is -1.59. The molecule has 0 radical (unpaired) electrons. The Morgan fingerprint density at radius 2 is 1.74 bits per heavy atom. The van der Waals surface area contributed by atoms with Crippen LogP contribution in [0.4, 0.5) is 5.82 Å². The van der Waals surface area contributed by atoms with Gasteiger partial charge in [0.15, 0.2) is 0 Å². The van der Waals surface area contributed by atoms with Crippen LogP contribution in [0.1, 0.15) is 20.7 Å². The zero-order valence-corrected chi connectivity index (χ0v) is 14.3. The van der Waals surface area contributed by atoms with Crippen LogP contribution >= 0.6 is 0 Å². The Kier molecular flexibility index (Phi) is 3.45. The molecule has 10 heteroatoms. The van der Waals surface area contributed by atoms with Crippen molar-refractivity contribution < 1.29 is 22.6 Å². The van der Waals surface area contributed by atoms with Crippen molar-refractivity contribution in [3.8, 4) is 5.69 Å². The summed E-state index contributed by atoms with van der Waals surface area (Å²) in [6, 6.07) is 9.60. The number of benzene rings is 2. The van der Waals surface area contributed by atoms with Crippen molar-refractivity contribution in [3.05, 3.63) is 63.9 Å². The van der Waals surface area contributed by atoms with Crippen molar-refractivity contribution in [2.24, 2.45) is 0 Å². The molecular weight excluding hydrogens is 374 g/mol. The number of carbonyl (C=O) groups excluding carboxylic acids is 2. The number of carbonyl (C=O) groups is 2. The number of rotatable bonds is 2. The van der Waals surface area contributed by atoms with Crippen LogP contribution in [0, 0.1) is 0 Å². The van der Waals surface area contributed by atoms with Crippen LogP contribution in [-0.2, 0) is 10.1 Å². The van der Waals surface area contributed by atoms with E-state index in [4.69, 9.17) is 5.73 Å². The molecule has 2 aromatic carbocycles. The van der Waals surface area contributed by atoms with Gasteiger partial charge in [-0.25, -0.2) is 0 Å². The summed E-state index contributed by atoms with van der Waals surface area (Å²) in [5.41, 5.74) is 5.52. The number of pyridine rings is 1. The molecule has 1 aromatic heterocycles. The topological polar surface area (TPSA) is 149 Å². The molecule has 3 aromatic rings. The second-order valence-electron chi connectivity index (χ2n) is 5.91. The molecule has 0 spiro atoms. The number of imide groups is 1. The van der Waals surface area contributed by atoms with E-state index in [2.05, 4.69) is 5.32 Å². The molecule has 4 N–H and O–H groups in total. The van der Waals surface area contributed by atoms with Crippen LogP contribution in [0.3, 0.4) is 0 Å². The van der Waals surface area contributed by atoms with Crippen LogP contribution in [0.25, 0.3) is 16.5 Å². The summed E-state index contributed by atoms with van der Waals surface area (Å²) in [5, 5.41) is 2.97. The maximum Gasteiger partial charge on any atom is 0.294 e. The highest BCUT2D eigenvalue weighted by molar-refractivity contribution is 7.85. The number of anilines is 1. The monoisotopic (exact) mass is 385 g/mol. The van der Waals surface area contributed by atoms with Gasteiger partial charge in [0, 0.05) is 11.5 Å². The average molecular weight is 385 g/mol. The molecule has 0 atom stereocenters. The van der Waals surface area contributed by atoms with Crippen LogP contribution in [0.15, 0.2) is 52.2 Å². The minimum atomic E-state index is -4.39. The van der Waals surface area contributed by atoms with E-state index in [1.807, 2.05) is 0 Å². The maximum atomic E-state index is 12.6. The molecule has 9 nitrogen and oxygen atoms in total. The number of aromatic nitrogens is 1. The molecule has 27 heavy (non-hydrogen) atoms. The first kappa shape index (κ1) is 16.9. The van der Waals surface area contributed by atoms with Crippen molar-refractivity contribution in [1.29, 1.82) is 0 Å². The average Bonchev–Trinajstić information content (AvgIpc) is 2.87. The predicted octanol–water partition coefficient (Wildman–Crippen LogP) is 0.703. The Bertz CT molecular complexity index is 1340. The van der Waals surface area contributed by atoms with Crippen molar-refractivity contribution in [2.75, 3.05) is 5.73 Å². The van der Waals surface area contributed by atoms with Gasteiger partial charge in [-0.2, -0.15) is 8.42 Å². The Labute approximate surface area is 151 Å². The third kappa shape index (κ3) is 2.50. The number of hydrogen-bond donors (Lipinski definition) is 3. The van der Waals surface area contributed by atoms with Crippen LogP contribution in [0.2, 0.25) is 0 Å². The van der Waals surface area contributed by atoms with Crippen LogP contribution in [-0.4, -0.2) is 29.4 Å². The lowest BCUT2D eigenvalue weighted by Gasteiger charge is -2.14.